The molecule has 0 atom stereocenters. The Hall–Kier alpha value is -3.44. The van der Waals surface area contributed by atoms with Gasteiger partial charge < -0.3 is 22.7 Å². The summed E-state index contributed by atoms with van der Waals surface area (Å²) in [4.78, 5) is 3.04. The first-order valence-corrected chi connectivity index (χ1v) is 11.3. The molecule has 1 aliphatic heterocycles. The second-order valence-corrected chi connectivity index (χ2v) is 8.32. The van der Waals surface area contributed by atoms with Crippen LogP contribution in [0.2, 0.25) is 0 Å². The minimum Gasteiger partial charge on any atom is -0.599 e. The van der Waals surface area contributed by atoms with Crippen molar-refractivity contribution in [3.05, 3.63) is 76.0 Å². The van der Waals surface area contributed by atoms with E-state index in [0.29, 0.717) is 22.4 Å². The van der Waals surface area contributed by atoms with Crippen molar-refractivity contribution >= 4 is 47.6 Å². The molecule has 0 spiro atoms. The summed E-state index contributed by atoms with van der Waals surface area (Å²) in [5.41, 5.74) is 2.89. The molecule has 0 fully saturated rings. The van der Waals surface area contributed by atoms with Crippen molar-refractivity contribution in [3.8, 4) is 11.8 Å². The number of halogens is 2. The van der Waals surface area contributed by atoms with Gasteiger partial charge in [0.25, 0.3) is 0 Å². The van der Waals surface area contributed by atoms with Crippen molar-refractivity contribution in [3.63, 3.8) is 0 Å². The van der Waals surface area contributed by atoms with E-state index in [1.165, 1.54) is 17.6 Å². The van der Waals surface area contributed by atoms with E-state index < -0.39 is 7.04 Å². The van der Waals surface area contributed by atoms with Crippen molar-refractivity contribution in [2.45, 2.75) is 13.8 Å². The molecular weight excluding hydrogens is 427 g/mol. The summed E-state index contributed by atoms with van der Waals surface area (Å²) in [7, 11) is -4.29. The second-order valence-electron chi connectivity index (χ2n) is 7.34. The summed E-state index contributed by atoms with van der Waals surface area (Å²) < 4.78 is 36.0. The average Bonchev–Trinajstić information content (AvgIpc) is 3.31. The summed E-state index contributed by atoms with van der Waals surface area (Å²) in [5, 5.41) is 11.4. The first kappa shape index (κ1) is 21.8. The van der Waals surface area contributed by atoms with Gasteiger partial charge in [0.2, 0.25) is 0 Å². The number of nitriles is 1. The number of rotatable bonds is 6. The lowest BCUT2D eigenvalue weighted by Crippen LogP contribution is -2.46. The first-order valence-electron chi connectivity index (χ1n) is 10.4. The maximum atomic E-state index is 15.0. The smallest absolute Gasteiger partial charge is 0.599 e. The number of allylic oxidation sites excluding steroid dienone is 1. The molecule has 0 saturated heterocycles. The van der Waals surface area contributed by atoms with Crippen molar-refractivity contribution in [1.82, 2.24) is 0 Å². The topological polar surface area (TPSA) is 39.3 Å². The van der Waals surface area contributed by atoms with Crippen LogP contribution < -0.4 is 9.55 Å². The van der Waals surface area contributed by atoms with Gasteiger partial charge in [0.05, 0.1) is 23.0 Å². The van der Waals surface area contributed by atoms with E-state index in [-0.39, 0.29) is 5.75 Å². The Balaban J connectivity index is 1.67. The summed E-state index contributed by atoms with van der Waals surface area (Å²) in [6, 6.07) is 17.9. The number of thiophene rings is 1. The monoisotopic (exact) mass is 449 g/mol. The van der Waals surface area contributed by atoms with Crippen LogP contribution in [0.1, 0.15) is 29.9 Å². The van der Waals surface area contributed by atoms with Crippen LogP contribution in [0.4, 0.5) is 20.0 Å². The van der Waals surface area contributed by atoms with Crippen LogP contribution in [0.3, 0.4) is 0 Å². The Bertz CT molecular complexity index is 1210. The molecule has 1 aliphatic rings. The number of hydrogen-bond acceptors (Lipinski definition) is 4. The Kier molecular flexibility index (Phi) is 6.11. The van der Waals surface area contributed by atoms with Crippen molar-refractivity contribution < 1.29 is 17.8 Å². The largest absolute Gasteiger partial charge is 0.834 e. The molecule has 0 aliphatic carbocycles. The molecule has 0 bridgehead atoms. The van der Waals surface area contributed by atoms with Crippen LogP contribution >= 0.6 is 11.3 Å². The van der Waals surface area contributed by atoms with Crippen LogP contribution in [0, 0.1) is 11.3 Å². The Labute approximate surface area is 190 Å². The molecule has 0 saturated carbocycles. The molecule has 0 radical (unpaired) electrons. The Morgan fingerprint density at radius 3 is 2.53 bits per heavy atom. The highest BCUT2D eigenvalue weighted by Gasteiger charge is 2.50. The number of hydrogen-bond donors (Lipinski definition) is 0. The van der Waals surface area contributed by atoms with Crippen LogP contribution in [0.5, 0.6) is 5.75 Å². The number of nitrogens with zero attached hydrogens (tertiary/aromatic N) is 3. The van der Waals surface area contributed by atoms with Gasteiger partial charge in [-0.2, -0.15) is 5.26 Å². The highest BCUT2D eigenvalue weighted by molar-refractivity contribution is 7.10. The molecule has 4 rings (SSSR count). The number of benzene rings is 2. The molecule has 0 amide bonds. The summed E-state index contributed by atoms with van der Waals surface area (Å²) in [6.07, 6.45) is 3.21. The van der Waals surface area contributed by atoms with E-state index >= 15 is 0 Å². The fraction of sp³-hybridized carbons (Fsp3) is 0.167. The van der Waals surface area contributed by atoms with Crippen molar-refractivity contribution in [2.75, 3.05) is 18.0 Å². The number of fused-ring (bicyclic) bond motifs is 1. The lowest BCUT2D eigenvalue weighted by Gasteiger charge is -2.30. The molecular formula is C24H22BF2N3OS. The van der Waals surface area contributed by atoms with Gasteiger partial charge in [-0.15, -0.1) is 11.3 Å². The lowest BCUT2D eigenvalue weighted by atomic mass is 9.97. The van der Waals surface area contributed by atoms with Crippen LogP contribution in [0.15, 0.2) is 60.0 Å². The average molecular weight is 449 g/mol. The predicted molar refractivity (Wildman–Crippen MR) is 128 cm³/mol. The predicted octanol–water partition coefficient (Wildman–Crippen LogP) is 6.19. The third kappa shape index (κ3) is 4.30. The van der Waals surface area contributed by atoms with Gasteiger partial charge in [-0.05, 0) is 61.2 Å². The second kappa shape index (κ2) is 8.97. The van der Waals surface area contributed by atoms with Crippen LogP contribution in [-0.4, -0.2) is 30.8 Å². The van der Waals surface area contributed by atoms with Crippen LogP contribution in [-0.2, 0) is 0 Å². The summed E-state index contributed by atoms with van der Waals surface area (Å²) in [6.45, 7) is 5.61. The molecule has 2 aromatic carbocycles. The maximum absolute atomic E-state index is 15.0. The van der Waals surface area contributed by atoms with Gasteiger partial charge in [0, 0.05) is 41.9 Å². The van der Waals surface area contributed by atoms with E-state index in [1.54, 1.807) is 42.5 Å². The van der Waals surface area contributed by atoms with E-state index in [0.717, 1.165) is 28.1 Å². The third-order valence-corrected chi connectivity index (χ3v) is 6.24. The van der Waals surface area contributed by atoms with E-state index in [9.17, 15) is 13.9 Å². The molecule has 8 heteroatoms. The van der Waals surface area contributed by atoms with Gasteiger partial charge in [0.15, 0.2) is 5.69 Å². The minimum absolute atomic E-state index is 0.179. The standard InChI is InChI=1S/C24H22BF2N3OS/c1-3-29(4-2)22-12-9-19-17-30(25(26,27)31-24(19)15-22)21-10-7-18(8-11-21)20(16-28)14-23-6-5-13-32-23/h5-15,17H,3-4H2,1-2H3/b20-14+. The normalized spacial score (nSPS) is 14.7. The molecule has 0 unspecified atom stereocenters. The molecule has 32 heavy (non-hydrogen) atoms. The van der Waals surface area contributed by atoms with Crippen LogP contribution in [0.25, 0.3) is 11.6 Å². The fourth-order valence-electron chi connectivity index (χ4n) is 3.72. The molecule has 1 aromatic heterocycles. The number of anilines is 1. The van der Waals surface area contributed by atoms with Crippen molar-refractivity contribution in [2.24, 2.45) is 0 Å². The molecule has 3 aromatic rings. The minimum atomic E-state index is -4.29. The molecule has 2 heterocycles. The zero-order valence-corrected chi connectivity index (χ0v) is 18.7. The molecule has 4 nitrogen and oxygen atoms in total. The Morgan fingerprint density at radius 1 is 1.16 bits per heavy atom. The van der Waals surface area contributed by atoms with E-state index in [2.05, 4.69) is 11.0 Å². The first-order chi connectivity index (χ1) is 15.4. The van der Waals surface area contributed by atoms with Gasteiger partial charge in [-0.1, -0.05) is 6.07 Å². The quantitative estimate of drug-likeness (QED) is 0.333. The maximum Gasteiger partial charge on any atom is 0.834 e. The zero-order valence-electron chi connectivity index (χ0n) is 17.8. The van der Waals surface area contributed by atoms with E-state index in [4.69, 9.17) is 4.65 Å². The van der Waals surface area contributed by atoms with Gasteiger partial charge in [-0.25, -0.2) is 0 Å². The zero-order chi connectivity index (χ0) is 22.7. The lowest BCUT2D eigenvalue weighted by molar-refractivity contribution is -0.343. The summed E-state index contributed by atoms with van der Waals surface area (Å²) in [5.74, 6) is 0.179. The Morgan fingerprint density at radius 2 is 1.91 bits per heavy atom. The third-order valence-electron chi connectivity index (χ3n) is 5.42. The molecule has 0 N–H and O–H groups in total. The summed E-state index contributed by atoms with van der Waals surface area (Å²) >= 11 is 1.53. The van der Waals surface area contributed by atoms with Gasteiger partial charge in [0.1, 0.15) is 6.21 Å². The SMILES string of the molecule is CCN(CC)c1ccc2c(c1)O[B-](F)(F)[N+](c1ccc(/C(C#N)=C/c3cccs3)cc1)=C2. The fourth-order valence-corrected chi connectivity index (χ4v) is 4.38. The highest BCUT2D eigenvalue weighted by atomic mass is 32.1. The highest BCUT2D eigenvalue weighted by Crippen LogP contribution is 2.34. The van der Waals surface area contributed by atoms with Crippen molar-refractivity contribution in [1.29, 1.82) is 5.26 Å². The van der Waals surface area contributed by atoms with E-state index in [1.807, 2.05) is 37.4 Å². The molecule has 162 valence electrons. The van der Waals surface area contributed by atoms with Gasteiger partial charge >= 0.3 is 7.04 Å². The van der Waals surface area contributed by atoms with Gasteiger partial charge in [-0.3, -0.25) is 0 Å².